The first-order valence-corrected chi connectivity index (χ1v) is 11.6. The number of morpholine rings is 1. The van der Waals surface area contributed by atoms with Crippen LogP contribution in [0.5, 0.6) is 11.6 Å². The van der Waals surface area contributed by atoms with Crippen molar-refractivity contribution in [3.8, 4) is 11.6 Å². The second-order valence-corrected chi connectivity index (χ2v) is 8.29. The van der Waals surface area contributed by atoms with Crippen molar-refractivity contribution in [2.24, 2.45) is 0 Å². The van der Waals surface area contributed by atoms with Crippen molar-refractivity contribution in [3.63, 3.8) is 0 Å². The van der Waals surface area contributed by atoms with Crippen molar-refractivity contribution >= 4 is 22.4 Å². The summed E-state index contributed by atoms with van der Waals surface area (Å²) in [5.74, 6) is 2.11. The molecule has 0 atom stereocenters. The normalized spacial score (nSPS) is 14.3. The molecule has 0 unspecified atom stereocenters. The molecule has 34 heavy (non-hydrogen) atoms. The monoisotopic (exact) mass is 459 g/mol. The molecule has 8 nitrogen and oxygen atoms in total. The lowest BCUT2D eigenvalue weighted by Crippen LogP contribution is -2.38. The maximum absolute atomic E-state index is 6.03. The van der Waals surface area contributed by atoms with Crippen LogP contribution in [-0.4, -0.2) is 59.5 Å². The number of nitrogens with one attached hydrogen (secondary N) is 2. The van der Waals surface area contributed by atoms with E-state index in [1.165, 1.54) is 0 Å². The SMILES string of the molecule is Cc1cc(Nc2nccc3[nH]nc(OCCN4CCOCC4)c23)ccc1OCc1ccccc1. The Hall–Kier alpha value is -3.62. The number of rotatable bonds is 9. The van der Waals surface area contributed by atoms with Gasteiger partial charge >= 0.3 is 0 Å². The van der Waals surface area contributed by atoms with E-state index in [2.05, 4.69) is 43.6 Å². The summed E-state index contributed by atoms with van der Waals surface area (Å²) in [6.45, 7) is 7.39. The second-order valence-electron chi connectivity index (χ2n) is 8.29. The third-order valence-electron chi connectivity index (χ3n) is 5.87. The lowest BCUT2D eigenvalue weighted by atomic mass is 10.2. The first-order chi connectivity index (χ1) is 16.8. The smallest absolute Gasteiger partial charge is 0.244 e. The van der Waals surface area contributed by atoms with Crippen LogP contribution < -0.4 is 14.8 Å². The van der Waals surface area contributed by atoms with Crippen LogP contribution in [-0.2, 0) is 11.3 Å². The standard InChI is InChI=1S/C26H29N5O3/c1-19-17-21(7-8-23(19)34-18-20-5-3-2-4-6-20)28-25-24-22(9-10-27-25)29-30-26(24)33-16-13-31-11-14-32-15-12-31/h2-10,17H,11-16,18H2,1H3,(H,27,28)(H,29,30). The number of H-pyrrole nitrogens is 1. The number of aromatic nitrogens is 3. The molecule has 176 valence electrons. The van der Waals surface area contributed by atoms with E-state index in [1.807, 2.05) is 43.3 Å². The zero-order valence-corrected chi connectivity index (χ0v) is 19.3. The molecule has 2 aromatic heterocycles. The lowest BCUT2D eigenvalue weighted by Gasteiger charge is -2.26. The van der Waals surface area contributed by atoms with E-state index in [9.17, 15) is 0 Å². The molecule has 1 fully saturated rings. The topological polar surface area (TPSA) is 84.5 Å². The van der Waals surface area contributed by atoms with E-state index in [0.717, 1.165) is 66.3 Å². The number of hydrogen-bond acceptors (Lipinski definition) is 7. The van der Waals surface area contributed by atoms with Crippen LogP contribution in [0.25, 0.3) is 10.9 Å². The molecule has 3 heterocycles. The van der Waals surface area contributed by atoms with Gasteiger partial charge in [0.1, 0.15) is 30.2 Å². The van der Waals surface area contributed by atoms with Crippen LogP contribution >= 0.6 is 0 Å². The van der Waals surface area contributed by atoms with Gasteiger partial charge in [0, 0.05) is 31.5 Å². The lowest BCUT2D eigenvalue weighted by molar-refractivity contribution is 0.0321. The third-order valence-corrected chi connectivity index (χ3v) is 5.87. The maximum Gasteiger partial charge on any atom is 0.244 e. The van der Waals surface area contributed by atoms with Crippen LogP contribution in [0.2, 0.25) is 0 Å². The van der Waals surface area contributed by atoms with Gasteiger partial charge in [-0.25, -0.2) is 4.98 Å². The molecule has 2 aromatic carbocycles. The van der Waals surface area contributed by atoms with E-state index in [4.69, 9.17) is 14.2 Å². The summed E-state index contributed by atoms with van der Waals surface area (Å²) in [5, 5.41) is 11.7. The summed E-state index contributed by atoms with van der Waals surface area (Å²) in [5.41, 5.74) is 3.98. The molecular weight excluding hydrogens is 430 g/mol. The van der Waals surface area contributed by atoms with Crippen LogP contribution in [0.15, 0.2) is 60.8 Å². The predicted octanol–water partition coefficient (Wildman–Crippen LogP) is 4.30. The summed E-state index contributed by atoms with van der Waals surface area (Å²) in [6.07, 6.45) is 1.75. The average Bonchev–Trinajstić information content (AvgIpc) is 3.29. The van der Waals surface area contributed by atoms with Crippen molar-refractivity contribution in [2.45, 2.75) is 13.5 Å². The van der Waals surface area contributed by atoms with Crippen molar-refractivity contribution in [1.29, 1.82) is 0 Å². The van der Waals surface area contributed by atoms with Gasteiger partial charge in [-0.1, -0.05) is 30.3 Å². The number of anilines is 2. The number of aryl methyl sites for hydroxylation is 1. The number of benzene rings is 2. The largest absolute Gasteiger partial charge is 0.489 e. The quantitative estimate of drug-likeness (QED) is 0.386. The molecule has 1 aliphatic heterocycles. The highest BCUT2D eigenvalue weighted by Crippen LogP contribution is 2.32. The number of fused-ring (bicyclic) bond motifs is 1. The molecule has 4 aromatic rings. The second kappa shape index (κ2) is 10.5. The van der Waals surface area contributed by atoms with Gasteiger partial charge in [0.25, 0.3) is 0 Å². The highest BCUT2D eigenvalue weighted by atomic mass is 16.5. The molecule has 2 N–H and O–H groups in total. The van der Waals surface area contributed by atoms with E-state index in [1.54, 1.807) is 6.20 Å². The zero-order valence-electron chi connectivity index (χ0n) is 19.3. The number of aromatic amines is 1. The minimum Gasteiger partial charge on any atom is -0.489 e. The van der Waals surface area contributed by atoms with Gasteiger partial charge in [-0.3, -0.25) is 10.00 Å². The van der Waals surface area contributed by atoms with E-state index >= 15 is 0 Å². The van der Waals surface area contributed by atoms with Crippen molar-refractivity contribution in [3.05, 3.63) is 71.9 Å². The summed E-state index contributed by atoms with van der Waals surface area (Å²) >= 11 is 0. The molecule has 0 amide bonds. The van der Waals surface area contributed by atoms with Gasteiger partial charge in [0.15, 0.2) is 0 Å². The van der Waals surface area contributed by atoms with Gasteiger partial charge in [-0.15, -0.1) is 5.10 Å². The predicted molar refractivity (Wildman–Crippen MR) is 132 cm³/mol. The van der Waals surface area contributed by atoms with Crippen LogP contribution in [0.4, 0.5) is 11.5 Å². The summed E-state index contributed by atoms with van der Waals surface area (Å²) in [7, 11) is 0. The Morgan fingerprint density at radius 2 is 1.91 bits per heavy atom. The Labute approximate surface area is 198 Å². The van der Waals surface area contributed by atoms with Gasteiger partial charge in [-0.05, 0) is 42.3 Å². The number of pyridine rings is 1. The molecule has 8 heteroatoms. The van der Waals surface area contributed by atoms with Crippen LogP contribution in [0.1, 0.15) is 11.1 Å². The third kappa shape index (κ3) is 5.30. The first kappa shape index (κ1) is 22.2. The molecule has 0 saturated carbocycles. The Morgan fingerprint density at radius 1 is 1.06 bits per heavy atom. The minimum absolute atomic E-state index is 0.537. The molecule has 0 radical (unpaired) electrons. The highest BCUT2D eigenvalue weighted by molar-refractivity contribution is 5.95. The van der Waals surface area contributed by atoms with Crippen molar-refractivity contribution in [1.82, 2.24) is 20.1 Å². The molecule has 1 saturated heterocycles. The molecule has 0 aliphatic carbocycles. The Bertz CT molecular complexity index is 1220. The maximum atomic E-state index is 6.03. The Morgan fingerprint density at radius 3 is 2.74 bits per heavy atom. The summed E-state index contributed by atoms with van der Waals surface area (Å²) in [4.78, 5) is 6.89. The first-order valence-electron chi connectivity index (χ1n) is 11.6. The fraction of sp³-hybridized carbons (Fsp3) is 0.308. The Kier molecular flexibility index (Phi) is 6.88. The molecule has 0 spiro atoms. The fourth-order valence-corrected chi connectivity index (χ4v) is 3.99. The van der Waals surface area contributed by atoms with Crippen LogP contribution in [0, 0.1) is 6.92 Å². The van der Waals surface area contributed by atoms with Gasteiger partial charge < -0.3 is 19.5 Å². The molecular formula is C26H29N5O3. The molecule has 0 bridgehead atoms. The fourth-order valence-electron chi connectivity index (χ4n) is 3.99. The molecule has 1 aliphatic rings. The van der Waals surface area contributed by atoms with Crippen LogP contribution in [0.3, 0.4) is 0 Å². The number of nitrogens with zero attached hydrogens (tertiary/aromatic N) is 3. The minimum atomic E-state index is 0.537. The number of hydrogen-bond donors (Lipinski definition) is 2. The van der Waals surface area contributed by atoms with Gasteiger partial charge in [0.05, 0.1) is 18.7 Å². The van der Waals surface area contributed by atoms with E-state index < -0.39 is 0 Å². The zero-order chi connectivity index (χ0) is 23.2. The highest BCUT2D eigenvalue weighted by Gasteiger charge is 2.15. The number of ether oxygens (including phenoxy) is 3. The van der Waals surface area contributed by atoms with Gasteiger partial charge in [-0.2, -0.15) is 0 Å². The van der Waals surface area contributed by atoms with E-state index in [-0.39, 0.29) is 0 Å². The van der Waals surface area contributed by atoms with Gasteiger partial charge in [0.2, 0.25) is 5.88 Å². The average molecular weight is 460 g/mol. The van der Waals surface area contributed by atoms with E-state index in [0.29, 0.717) is 24.9 Å². The summed E-state index contributed by atoms with van der Waals surface area (Å²) in [6, 6.07) is 18.1. The Balaban J connectivity index is 1.26. The van der Waals surface area contributed by atoms with Crippen molar-refractivity contribution in [2.75, 3.05) is 44.8 Å². The van der Waals surface area contributed by atoms with Crippen molar-refractivity contribution < 1.29 is 14.2 Å². The molecule has 5 rings (SSSR count). The summed E-state index contributed by atoms with van der Waals surface area (Å²) < 4.78 is 17.4.